The molecule has 1 atom stereocenters. The largest absolute Gasteiger partial charge is 0.451 e. The van der Waals surface area contributed by atoms with E-state index in [2.05, 4.69) is 9.97 Å². The number of aryl methyl sites for hydroxylation is 2. The fourth-order valence-electron chi connectivity index (χ4n) is 3.55. The lowest BCUT2D eigenvalue weighted by Crippen LogP contribution is -2.39. The molecule has 3 aromatic rings. The van der Waals surface area contributed by atoms with E-state index in [1.165, 1.54) is 0 Å². The molecule has 5 nitrogen and oxygen atoms in total. The standard InChI is InChI=1S/C19H21N3O2/c1-12-10-20-18(21-12)14-6-5-9-22(11-14)19(23)17-13(2)15-7-3-4-8-16(15)24-17/h3-4,7-8,10,14H,5-6,9,11H2,1-2H3,(H,20,21)/t14-/m0/s1. The summed E-state index contributed by atoms with van der Waals surface area (Å²) in [5.74, 6) is 1.69. The zero-order chi connectivity index (χ0) is 16.7. The number of amides is 1. The van der Waals surface area contributed by atoms with Crippen LogP contribution in [0.2, 0.25) is 0 Å². The number of benzene rings is 1. The van der Waals surface area contributed by atoms with Crippen molar-refractivity contribution in [2.45, 2.75) is 32.6 Å². The third kappa shape index (κ3) is 2.50. The summed E-state index contributed by atoms with van der Waals surface area (Å²) in [5, 5.41) is 1.01. The van der Waals surface area contributed by atoms with Crippen LogP contribution in [-0.4, -0.2) is 33.9 Å². The number of aromatic nitrogens is 2. The van der Waals surface area contributed by atoms with Crippen molar-refractivity contribution in [3.63, 3.8) is 0 Å². The highest BCUT2D eigenvalue weighted by Crippen LogP contribution is 2.29. The van der Waals surface area contributed by atoms with Crippen molar-refractivity contribution < 1.29 is 9.21 Å². The van der Waals surface area contributed by atoms with Crippen LogP contribution in [0.15, 0.2) is 34.9 Å². The second-order valence-corrected chi connectivity index (χ2v) is 6.59. The van der Waals surface area contributed by atoms with Gasteiger partial charge in [-0.25, -0.2) is 4.98 Å². The van der Waals surface area contributed by atoms with Gasteiger partial charge in [-0.3, -0.25) is 4.79 Å². The number of hydrogen-bond acceptors (Lipinski definition) is 3. The van der Waals surface area contributed by atoms with E-state index in [9.17, 15) is 4.79 Å². The minimum atomic E-state index is -0.0170. The summed E-state index contributed by atoms with van der Waals surface area (Å²) < 4.78 is 5.84. The summed E-state index contributed by atoms with van der Waals surface area (Å²) in [6.45, 7) is 5.41. The van der Waals surface area contributed by atoms with Crippen LogP contribution in [-0.2, 0) is 0 Å². The Labute approximate surface area is 140 Å². The number of furan rings is 1. The average Bonchev–Trinajstić information content (AvgIpc) is 3.19. The lowest BCUT2D eigenvalue weighted by atomic mass is 9.97. The number of nitrogens with one attached hydrogen (secondary N) is 1. The van der Waals surface area contributed by atoms with Gasteiger partial charge in [0.2, 0.25) is 0 Å². The van der Waals surface area contributed by atoms with Crippen molar-refractivity contribution in [1.82, 2.24) is 14.9 Å². The van der Waals surface area contributed by atoms with E-state index in [1.54, 1.807) is 0 Å². The Hall–Kier alpha value is -2.56. The van der Waals surface area contributed by atoms with Crippen LogP contribution in [0, 0.1) is 13.8 Å². The van der Waals surface area contributed by atoms with Crippen LogP contribution >= 0.6 is 0 Å². The molecule has 0 radical (unpaired) electrons. The van der Waals surface area contributed by atoms with Gasteiger partial charge in [-0.15, -0.1) is 0 Å². The molecule has 4 rings (SSSR count). The molecule has 1 aliphatic heterocycles. The number of imidazole rings is 1. The predicted octanol–water partition coefficient (Wildman–Crippen LogP) is 3.79. The molecular weight excluding hydrogens is 302 g/mol. The molecule has 0 aliphatic carbocycles. The summed E-state index contributed by atoms with van der Waals surface area (Å²) in [6.07, 6.45) is 3.88. The van der Waals surface area contributed by atoms with Gasteiger partial charge in [0.25, 0.3) is 5.91 Å². The van der Waals surface area contributed by atoms with Crippen LogP contribution in [0.3, 0.4) is 0 Å². The molecule has 124 valence electrons. The minimum Gasteiger partial charge on any atom is -0.451 e. The Balaban J connectivity index is 1.60. The highest BCUT2D eigenvalue weighted by atomic mass is 16.3. The van der Waals surface area contributed by atoms with E-state index in [1.807, 2.05) is 49.2 Å². The van der Waals surface area contributed by atoms with Gasteiger partial charge in [-0.05, 0) is 32.8 Å². The van der Waals surface area contributed by atoms with Crippen LogP contribution in [0.25, 0.3) is 11.0 Å². The lowest BCUT2D eigenvalue weighted by molar-refractivity contribution is 0.0674. The molecule has 1 N–H and O–H groups in total. The molecule has 2 aromatic heterocycles. The monoisotopic (exact) mass is 323 g/mol. The molecule has 24 heavy (non-hydrogen) atoms. The maximum absolute atomic E-state index is 13.0. The molecule has 1 fully saturated rings. The summed E-state index contributed by atoms with van der Waals surface area (Å²) in [6, 6.07) is 7.80. The summed E-state index contributed by atoms with van der Waals surface area (Å²) in [4.78, 5) is 22.6. The number of rotatable bonds is 2. The fraction of sp³-hybridized carbons (Fsp3) is 0.368. The van der Waals surface area contributed by atoms with Crippen molar-refractivity contribution in [2.75, 3.05) is 13.1 Å². The van der Waals surface area contributed by atoms with Crippen molar-refractivity contribution in [2.24, 2.45) is 0 Å². The second-order valence-electron chi connectivity index (χ2n) is 6.59. The van der Waals surface area contributed by atoms with Gasteiger partial charge in [-0.1, -0.05) is 18.2 Å². The van der Waals surface area contributed by atoms with Crippen molar-refractivity contribution in [1.29, 1.82) is 0 Å². The average molecular weight is 323 g/mol. The summed E-state index contributed by atoms with van der Waals surface area (Å²) in [7, 11) is 0. The number of likely N-dealkylation sites (tertiary alicyclic amines) is 1. The lowest BCUT2D eigenvalue weighted by Gasteiger charge is -2.31. The van der Waals surface area contributed by atoms with E-state index < -0.39 is 0 Å². The maximum atomic E-state index is 13.0. The molecule has 1 saturated heterocycles. The van der Waals surface area contributed by atoms with E-state index in [-0.39, 0.29) is 11.8 Å². The van der Waals surface area contributed by atoms with Crippen molar-refractivity contribution in [3.05, 3.63) is 53.3 Å². The van der Waals surface area contributed by atoms with Crippen molar-refractivity contribution >= 4 is 16.9 Å². The van der Waals surface area contributed by atoms with Gasteiger partial charge in [0.1, 0.15) is 11.4 Å². The number of carbonyl (C=O) groups is 1. The van der Waals surface area contributed by atoms with Gasteiger partial charge in [-0.2, -0.15) is 0 Å². The molecular formula is C19H21N3O2. The Morgan fingerprint density at radius 1 is 1.33 bits per heavy atom. The molecule has 3 heterocycles. The molecule has 1 amide bonds. The quantitative estimate of drug-likeness (QED) is 0.780. The first-order valence-electron chi connectivity index (χ1n) is 8.42. The summed E-state index contributed by atoms with van der Waals surface area (Å²) in [5.41, 5.74) is 2.75. The Morgan fingerprint density at radius 3 is 2.92 bits per heavy atom. The van der Waals surface area contributed by atoms with E-state index in [0.29, 0.717) is 12.3 Å². The number of fused-ring (bicyclic) bond motifs is 1. The third-order valence-electron chi connectivity index (χ3n) is 4.86. The molecule has 0 bridgehead atoms. The topological polar surface area (TPSA) is 62.1 Å². The van der Waals surface area contributed by atoms with Crippen molar-refractivity contribution in [3.8, 4) is 0 Å². The number of H-pyrrole nitrogens is 1. The van der Waals surface area contributed by atoms with Crippen LogP contribution in [0.1, 0.15) is 46.4 Å². The van der Waals surface area contributed by atoms with Crippen LogP contribution in [0.4, 0.5) is 0 Å². The van der Waals surface area contributed by atoms with Crippen LogP contribution in [0.5, 0.6) is 0 Å². The Morgan fingerprint density at radius 2 is 2.17 bits per heavy atom. The van der Waals surface area contributed by atoms with Gasteiger partial charge >= 0.3 is 0 Å². The molecule has 1 aromatic carbocycles. The Bertz CT molecular complexity index is 893. The van der Waals surface area contributed by atoms with E-state index >= 15 is 0 Å². The third-order valence-corrected chi connectivity index (χ3v) is 4.86. The molecule has 1 aliphatic rings. The maximum Gasteiger partial charge on any atom is 0.289 e. The normalized spacial score (nSPS) is 18.2. The van der Waals surface area contributed by atoms with Gasteiger partial charge < -0.3 is 14.3 Å². The summed E-state index contributed by atoms with van der Waals surface area (Å²) >= 11 is 0. The molecule has 0 unspecified atom stereocenters. The first-order valence-corrected chi connectivity index (χ1v) is 8.42. The first-order chi connectivity index (χ1) is 11.6. The SMILES string of the molecule is Cc1cnc([C@H]2CCCN(C(=O)c3oc4ccccc4c3C)C2)[nH]1. The smallest absolute Gasteiger partial charge is 0.289 e. The number of carbonyl (C=O) groups excluding carboxylic acids is 1. The number of hydrogen-bond donors (Lipinski definition) is 1. The number of para-hydroxylation sites is 1. The van der Waals surface area contributed by atoms with Crippen LogP contribution < -0.4 is 0 Å². The Kier molecular flexibility index (Phi) is 3.63. The number of piperidine rings is 1. The van der Waals surface area contributed by atoms with E-state index in [0.717, 1.165) is 47.4 Å². The minimum absolute atomic E-state index is 0.0170. The predicted molar refractivity (Wildman–Crippen MR) is 92.2 cm³/mol. The first kappa shape index (κ1) is 15.0. The molecule has 0 saturated carbocycles. The van der Waals surface area contributed by atoms with E-state index in [4.69, 9.17) is 4.42 Å². The number of aromatic amines is 1. The zero-order valence-electron chi connectivity index (χ0n) is 14.0. The van der Waals surface area contributed by atoms with Gasteiger partial charge in [0.05, 0.1) is 0 Å². The highest BCUT2D eigenvalue weighted by molar-refractivity contribution is 5.99. The molecule has 5 heteroatoms. The molecule has 0 spiro atoms. The van der Waals surface area contributed by atoms with Gasteiger partial charge in [0, 0.05) is 41.8 Å². The number of nitrogens with zero attached hydrogens (tertiary/aromatic N) is 2. The fourth-order valence-corrected chi connectivity index (χ4v) is 3.55. The zero-order valence-corrected chi connectivity index (χ0v) is 14.0. The second kappa shape index (κ2) is 5.82. The van der Waals surface area contributed by atoms with Gasteiger partial charge in [0.15, 0.2) is 5.76 Å². The highest BCUT2D eigenvalue weighted by Gasteiger charge is 2.29.